The maximum absolute atomic E-state index is 5.23. The number of hydrogen-bond donors (Lipinski definition) is 1. The van der Waals surface area contributed by atoms with Crippen LogP contribution in [-0.2, 0) is 4.74 Å². The Morgan fingerprint density at radius 2 is 2.29 bits per heavy atom. The normalized spacial score (nSPS) is 24.5. The van der Waals surface area contributed by atoms with Crippen LogP contribution in [0.5, 0.6) is 0 Å². The average molecular weight is 216 g/mol. The Morgan fingerprint density at radius 1 is 1.64 bits per heavy atom. The molecule has 2 atom stereocenters. The van der Waals surface area contributed by atoms with Gasteiger partial charge in [0.15, 0.2) is 5.11 Å². The molecular weight excluding hydrogens is 196 g/mol. The molecular formula is C10H20N2OS. The lowest BCUT2D eigenvalue weighted by Gasteiger charge is -2.20. The fourth-order valence-electron chi connectivity index (χ4n) is 1.48. The maximum Gasteiger partial charge on any atom is 0.168 e. The molecule has 0 bridgehead atoms. The van der Waals surface area contributed by atoms with Gasteiger partial charge >= 0.3 is 0 Å². The van der Waals surface area contributed by atoms with Gasteiger partial charge in [0.25, 0.3) is 0 Å². The smallest absolute Gasteiger partial charge is 0.168 e. The number of methoxy groups -OCH3 is 1. The van der Waals surface area contributed by atoms with Gasteiger partial charge in [-0.1, -0.05) is 6.92 Å². The van der Waals surface area contributed by atoms with Gasteiger partial charge in [0.05, 0.1) is 6.61 Å². The monoisotopic (exact) mass is 216 g/mol. The summed E-state index contributed by atoms with van der Waals surface area (Å²) in [6.45, 7) is 4.87. The van der Waals surface area contributed by atoms with Gasteiger partial charge in [-0.05, 0) is 30.5 Å². The zero-order chi connectivity index (χ0) is 10.6. The van der Waals surface area contributed by atoms with Crippen LogP contribution >= 0.6 is 12.2 Å². The van der Waals surface area contributed by atoms with Crippen LogP contribution in [-0.4, -0.2) is 43.9 Å². The highest BCUT2D eigenvalue weighted by Gasteiger charge is 2.33. The molecule has 4 heteroatoms. The van der Waals surface area contributed by atoms with E-state index in [0.717, 1.165) is 30.0 Å². The van der Waals surface area contributed by atoms with E-state index in [1.54, 1.807) is 7.11 Å². The Labute approximate surface area is 91.8 Å². The van der Waals surface area contributed by atoms with Gasteiger partial charge in [-0.3, -0.25) is 0 Å². The summed E-state index contributed by atoms with van der Waals surface area (Å²) in [4.78, 5) is 2.12. The number of nitrogens with zero attached hydrogens (tertiary/aromatic N) is 1. The molecule has 1 fully saturated rings. The summed E-state index contributed by atoms with van der Waals surface area (Å²) >= 11 is 5.23. The van der Waals surface area contributed by atoms with Crippen molar-refractivity contribution in [1.29, 1.82) is 0 Å². The molecule has 1 aliphatic rings. The standard InChI is InChI=1S/C10H20N2OS/c1-8-6-9(8)7-12(2)10(14)11-4-5-13-3/h8-9H,4-7H2,1-3H3,(H,11,14). The molecule has 1 aliphatic carbocycles. The van der Waals surface area contributed by atoms with Crippen LogP contribution in [0.2, 0.25) is 0 Å². The molecule has 82 valence electrons. The second kappa shape index (κ2) is 5.51. The van der Waals surface area contributed by atoms with E-state index in [1.807, 2.05) is 7.05 Å². The third kappa shape index (κ3) is 3.80. The first-order valence-electron chi connectivity index (χ1n) is 5.13. The Bertz CT molecular complexity index is 199. The first kappa shape index (κ1) is 11.7. The summed E-state index contributed by atoms with van der Waals surface area (Å²) in [7, 11) is 3.74. The Kier molecular flexibility index (Phi) is 4.62. The van der Waals surface area contributed by atoms with Gasteiger partial charge in [-0.2, -0.15) is 0 Å². The van der Waals surface area contributed by atoms with Crippen LogP contribution in [0, 0.1) is 11.8 Å². The zero-order valence-corrected chi connectivity index (χ0v) is 10.1. The quantitative estimate of drug-likeness (QED) is 0.549. The van der Waals surface area contributed by atoms with Gasteiger partial charge < -0.3 is 15.0 Å². The minimum absolute atomic E-state index is 0.702. The molecule has 0 spiro atoms. The van der Waals surface area contributed by atoms with E-state index in [9.17, 15) is 0 Å². The summed E-state index contributed by atoms with van der Waals surface area (Å²) in [5, 5.41) is 4.00. The molecule has 0 aromatic heterocycles. The molecule has 0 aliphatic heterocycles. The van der Waals surface area contributed by atoms with Gasteiger partial charge in [0, 0.05) is 27.2 Å². The molecule has 0 saturated heterocycles. The van der Waals surface area contributed by atoms with Crippen molar-refractivity contribution in [1.82, 2.24) is 10.2 Å². The van der Waals surface area contributed by atoms with Crippen molar-refractivity contribution in [2.75, 3.05) is 33.9 Å². The third-order valence-electron chi connectivity index (χ3n) is 2.71. The van der Waals surface area contributed by atoms with Crippen LogP contribution in [0.25, 0.3) is 0 Å². The summed E-state index contributed by atoms with van der Waals surface area (Å²) < 4.78 is 4.94. The predicted molar refractivity (Wildman–Crippen MR) is 62.4 cm³/mol. The summed E-state index contributed by atoms with van der Waals surface area (Å²) in [5.41, 5.74) is 0. The Morgan fingerprint density at radius 3 is 2.79 bits per heavy atom. The van der Waals surface area contributed by atoms with Gasteiger partial charge in [0.2, 0.25) is 0 Å². The van der Waals surface area contributed by atoms with Crippen LogP contribution in [0.4, 0.5) is 0 Å². The number of nitrogens with one attached hydrogen (secondary N) is 1. The number of rotatable bonds is 5. The third-order valence-corrected chi connectivity index (χ3v) is 3.17. The zero-order valence-electron chi connectivity index (χ0n) is 9.25. The highest BCUT2D eigenvalue weighted by Crippen LogP contribution is 2.37. The van der Waals surface area contributed by atoms with Crippen molar-refractivity contribution < 1.29 is 4.74 Å². The fourth-order valence-corrected chi connectivity index (χ4v) is 1.66. The maximum atomic E-state index is 5.23. The second-order valence-electron chi connectivity index (χ2n) is 4.08. The van der Waals surface area contributed by atoms with E-state index in [4.69, 9.17) is 17.0 Å². The summed E-state index contributed by atoms with van der Waals surface area (Å²) in [6.07, 6.45) is 1.35. The number of hydrogen-bond acceptors (Lipinski definition) is 2. The lowest BCUT2D eigenvalue weighted by Crippen LogP contribution is -2.39. The van der Waals surface area contributed by atoms with Crippen LogP contribution in [0.1, 0.15) is 13.3 Å². The molecule has 1 N–H and O–H groups in total. The molecule has 0 aromatic rings. The van der Waals surface area contributed by atoms with Crippen molar-refractivity contribution in [2.45, 2.75) is 13.3 Å². The minimum Gasteiger partial charge on any atom is -0.383 e. The van der Waals surface area contributed by atoms with Crippen LogP contribution < -0.4 is 5.32 Å². The number of thiocarbonyl (C=S) groups is 1. The van der Waals surface area contributed by atoms with Crippen molar-refractivity contribution in [3.8, 4) is 0 Å². The molecule has 0 radical (unpaired) electrons. The van der Waals surface area contributed by atoms with E-state index in [2.05, 4.69) is 17.1 Å². The average Bonchev–Trinajstić information content (AvgIpc) is 2.82. The van der Waals surface area contributed by atoms with Crippen molar-refractivity contribution in [3.05, 3.63) is 0 Å². The van der Waals surface area contributed by atoms with Crippen molar-refractivity contribution >= 4 is 17.3 Å². The fraction of sp³-hybridized carbons (Fsp3) is 0.900. The topological polar surface area (TPSA) is 24.5 Å². The van der Waals surface area contributed by atoms with E-state index >= 15 is 0 Å². The molecule has 1 rings (SSSR count). The summed E-state index contributed by atoms with van der Waals surface area (Å²) in [6, 6.07) is 0. The molecule has 3 nitrogen and oxygen atoms in total. The van der Waals surface area contributed by atoms with Crippen LogP contribution in [0.15, 0.2) is 0 Å². The lowest BCUT2D eigenvalue weighted by atomic mass is 10.3. The highest BCUT2D eigenvalue weighted by atomic mass is 32.1. The van der Waals surface area contributed by atoms with Gasteiger partial charge in [-0.15, -0.1) is 0 Å². The molecule has 2 unspecified atom stereocenters. The first-order chi connectivity index (χ1) is 6.65. The minimum atomic E-state index is 0.702. The van der Waals surface area contributed by atoms with E-state index in [1.165, 1.54) is 6.42 Å². The van der Waals surface area contributed by atoms with Crippen molar-refractivity contribution in [3.63, 3.8) is 0 Å². The first-order valence-corrected chi connectivity index (χ1v) is 5.54. The van der Waals surface area contributed by atoms with E-state index < -0.39 is 0 Å². The molecule has 0 amide bonds. The molecule has 1 saturated carbocycles. The summed E-state index contributed by atoms with van der Waals surface area (Å²) in [5.74, 6) is 1.74. The Balaban J connectivity index is 2.09. The van der Waals surface area contributed by atoms with Gasteiger partial charge in [-0.25, -0.2) is 0 Å². The SMILES string of the molecule is COCCNC(=S)N(C)CC1CC1C. The second-order valence-corrected chi connectivity index (χ2v) is 4.47. The Hall–Kier alpha value is -0.350. The lowest BCUT2D eigenvalue weighted by molar-refractivity contribution is 0.203. The van der Waals surface area contributed by atoms with Crippen molar-refractivity contribution in [2.24, 2.45) is 11.8 Å². The van der Waals surface area contributed by atoms with E-state index in [-0.39, 0.29) is 0 Å². The van der Waals surface area contributed by atoms with E-state index in [0.29, 0.717) is 6.61 Å². The molecule has 0 heterocycles. The highest BCUT2D eigenvalue weighted by molar-refractivity contribution is 7.80. The molecule has 14 heavy (non-hydrogen) atoms. The van der Waals surface area contributed by atoms with Crippen LogP contribution in [0.3, 0.4) is 0 Å². The molecule has 0 aromatic carbocycles. The largest absolute Gasteiger partial charge is 0.383 e. The predicted octanol–water partition coefficient (Wildman–Crippen LogP) is 1.10. The van der Waals surface area contributed by atoms with Gasteiger partial charge in [0.1, 0.15) is 0 Å². The number of ether oxygens (including phenoxy) is 1.